The van der Waals surface area contributed by atoms with Gasteiger partial charge >= 0.3 is 0 Å². The molecule has 1 aliphatic heterocycles. The van der Waals surface area contributed by atoms with E-state index in [0.717, 1.165) is 0 Å². The Balaban J connectivity index is 0.000000461. The maximum atomic E-state index is 13.3. The number of hydrogen-bond donors (Lipinski definition) is 0. The zero-order valence-corrected chi connectivity index (χ0v) is 8.76. The number of ether oxygens (including phenoxy) is 2. The van der Waals surface area contributed by atoms with E-state index in [9.17, 15) is 4.39 Å². The molecule has 0 saturated heterocycles. The molecule has 0 aliphatic carbocycles. The standard InChI is InChI=1S/C9H9FO2.C2H6/c1-6-2-3-7-9(8(6)10)12-5-4-11-7;1-2/h2-3H,4-5H2,1H3;1-2H3. The predicted molar refractivity (Wildman–Crippen MR) is 53.5 cm³/mol. The van der Waals surface area contributed by atoms with E-state index < -0.39 is 0 Å². The molecule has 0 spiro atoms. The van der Waals surface area contributed by atoms with E-state index in [4.69, 9.17) is 9.47 Å². The first-order chi connectivity index (χ1) is 6.79. The molecule has 3 heteroatoms. The van der Waals surface area contributed by atoms with Crippen molar-refractivity contribution in [3.63, 3.8) is 0 Å². The summed E-state index contributed by atoms with van der Waals surface area (Å²) in [6, 6.07) is 3.41. The van der Waals surface area contributed by atoms with Crippen LogP contribution in [0.3, 0.4) is 0 Å². The second-order valence-corrected chi connectivity index (χ2v) is 2.72. The smallest absolute Gasteiger partial charge is 0.197 e. The summed E-state index contributed by atoms with van der Waals surface area (Å²) in [7, 11) is 0. The molecule has 0 unspecified atom stereocenters. The van der Waals surface area contributed by atoms with Crippen molar-refractivity contribution >= 4 is 0 Å². The van der Waals surface area contributed by atoms with E-state index in [1.54, 1.807) is 19.1 Å². The van der Waals surface area contributed by atoms with Crippen LogP contribution in [0.5, 0.6) is 11.5 Å². The van der Waals surface area contributed by atoms with Gasteiger partial charge in [-0.05, 0) is 18.6 Å². The van der Waals surface area contributed by atoms with Crippen molar-refractivity contribution in [3.05, 3.63) is 23.5 Å². The van der Waals surface area contributed by atoms with Gasteiger partial charge in [0.1, 0.15) is 13.2 Å². The SMILES string of the molecule is CC.Cc1ccc2c(c1F)OCCO2. The van der Waals surface area contributed by atoms with Crippen molar-refractivity contribution in [2.45, 2.75) is 20.8 Å². The number of aryl methyl sites for hydroxylation is 1. The van der Waals surface area contributed by atoms with Gasteiger partial charge in [-0.3, -0.25) is 0 Å². The first-order valence-corrected chi connectivity index (χ1v) is 4.84. The fourth-order valence-corrected chi connectivity index (χ4v) is 1.18. The van der Waals surface area contributed by atoms with Gasteiger partial charge in [-0.15, -0.1) is 0 Å². The van der Waals surface area contributed by atoms with Crippen LogP contribution >= 0.6 is 0 Å². The zero-order valence-electron chi connectivity index (χ0n) is 8.76. The van der Waals surface area contributed by atoms with E-state index >= 15 is 0 Å². The second kappa shape index (κ2) is 4.84. The van der Waals surface area contributed by atoms with E-state index in [1.165, 1.54) is 0 Å². The maximum Gasteiger partial charge on any atom is 0.197 e. The van der Waals surface area contributed by atoms with Crippen molar-refractivity contribution in [1.82, 2.24) is 0 Å². The average Bonchev–Trinajstić information content (AvgIpc) is 2.27. The molecule has 0 aromatic heterocycles. The molecule has 0 bridgehead atoms. The van der Waals surface area contributed by atoms with Crippen molar-refractivity contribution < 1.29 is 13.9 Å². The van der Waals surface area contributed by atoms with Gasteiger partial charge in [-0.25, -0.2) is 4.39 Å². The molecule has 1 aromatic carbocycles. The molecule has 0 amide bonds. The summed E-state index contributed by atoms with van der Waals surface area (Å²) in [6.07, 6.45) is 0. The van der Waals surface area contributed by atoms with Crippen LogP contribution in [0.2, 0.25) is 0 Å². The van der Waals surface area contributed by atoms with Gasteiger partial charge in [0, 0.05) is 0 Å². The van der Waals surface area contributed by atoms with Gasteiger partial charge in [0.15, 0.2) is 17.3 Å². The van der Waals surface area contributed by atoms with Crippen LogP contribution < -0.4 is 9.47 Å². The molecule has 2 rings (SSSR count). The third-order valence-corrected chi connectivity index (χ3v) is 1.84. The van der Waals surface area contributed by atoms with Crippen LogP contribution in [0, 0.1) is 12.7 Å². The van der Waals surface area contributed by atoms with Crippen molar-refractivity contribution in [3.8, 4) is 11.5 Å². The van der Waals surface area contributed by atoms with Crippen molar-refractivity contribution in [1.29, 1.82) is 0 Å². The van der Waals surface area contributed by atoms with Crippen LogP contribution in [0.25, 0.3) is 0 Å². The van der Waals surface area contributed by atoms with Crippen molar-refractivity contribution in [2.24, 2.45) is 0 Å². The zero-order chi connectivity index (χ0) is 10.6. The Morgan fingerprint density at radius 2 is 1.79 bits per heavy atom. The highest BCUT2D eigenvalue weighted by Gasteiger charge is 2.17. The van der Waals surface area contributed by atoms with E-state index in [1.807, 2.05) is 13.8 Å². The molecule has 1 aromatic rings. The fourth-order valence-electron chi connectivity index (χ4n) is 1.18. The van der Waals surface area contributed by atoms with E-state index in [2.05, 4.69) is 0 Å². The number of rotatable bonds is 0. The number of fused-ring (bicyclic) bond motifs is 1. The van der Waals surface area contributed by atoms with Crippen LogP contribution in [-0.4, -0.2) is 13.2 Å². The number of halogens is 1. The Morgan fingerprint density at radius 1 is 1.14 bits per heavy atom. The lowest BCUT2D eigenvalue weighted by Crippen LogP contribution is -2.16. The van der Waals surface area contributed by atoms with E-state index in [-0.39, 0.29) is 11.6 Å². The van der Waals surface area contributed by atoms with Crippen LogP contribution in [0.15, 0.2) is 12.1 Å². The molecule has 78 valence electrons. The van der Waals surface area contributed by atoms with Gasteiger partial charge in [0.25, 0.3) is 0 Å². The van der Waals surface area contributed by atoms with Gasteiger partial charge in [0.2, 0.25) is 0 Å². The largest absolute Gasteiger partial charge is 0.486 e. The molecular formula is C11H15FO2. The molecule has 0 saturated carbocycles. The monoisotopic (exact) mass is 198 g/mol. The molecule has 0 N–H and O–H groups in total. The molecule has 2 nitrogen and oxygen atoms in total. The summed E-state index contributed by atoms with van der Waals surface area (Å²) in [5.74, 6) is 0.442. The lowest BCUT2D eigenvalue weighted by Gasteiger charge is -2.19. The Morgan fingerprint density at radius 3 is 2.50 bits per heavy atom. The first kappa shape index (κ1) is 10.8. The van der Waals surface area contributed by atoms with Crippen LogP contribution in [0.1, 0.15) is 19.4 Å². The number of hydrogen-bond acceptors (Lipinski definition) is 2. The Bertz CT molecular complexity index is 310. The molecule has 0 fully saturated rings. The minimum absolute atomic E-state index is 0.251. The van der Waals surface area contributed by atoms with Crippen LogP contribution in [0.4, 0.5) is 4.39 Å². The lowest BCUT2D eigenvalue weighted by molar-refractivity contribution is 0.164. The molecule has 1 heterocycles. The molecular weight excluding hydrogens is 183 g/mol. The van der Waals surface area contributed by atoms with Gasteiger partial charge in [-0.2, -0.15) is 0 Å². The highest BCUT2D eigenvalue weighted by molar-refractivity contribution is 5.44. The molecule has 0 atom stereocenters. The predicted octanol–water partition coefficient (Wildman–Crippen LogP) is 2.93. The highest BCUT2D eigenvalue weighted by Crippen LogP contribution is 2.33. The maximum absolute atomic E-state index is 13.3. The molecule has 0 radical (unpaired) electrons. The van der Waals surface area contributed by atoms with E-state index in [0.29, 0.717) is 24.5 Å². The lowest BCUT2D eigenvalue weighted by atomic mass is 10.2. The third-order valence-electron chi connectivity index (χ3n) is 1.84. The summed E-state index contributed by atoms with van der Waals surface area (Å²) in [4.78, 5) is 0. The summed E-state index contributed by atoms with van der Waals surface area (Å²) in [5, 5.41) is 0. The fraction of sp³-hybridized carbons (Fsp3) is 0.455. The van der Waals surface area contributed by atoms with Crippen molar-refractivity contribution in [2.75, 3.05) is 13.2 Å². The second-order valence-electron chi connectivity index (χ2n) is 2.72. The first-order valence-electron chi connectivity index (χ1n) is 4.84. The molecule has 1 aliphatic rings. The van der Waals surface area contributed by atoms with Gasteiger partial charge in [0.05, 0.1) is 0 Å². The Labute approximate surface area is 83.6 Å². The minimum Gasteiger partial charge on any atom is -0.486 e. The average molecular weight is 198 g/mol. The Hall–Kier alpha value is -1.25. The quantitative estimate of drug-likeness (QED) is 0.638. The minimum atomic E-state index is -0.313. The molecule has 14 heavy (non-hydrogen) atoms. The van der Waals surface area contributed by atoms with Gasteiger partial charge in [-0.1, -0.05) is 19.9 Å². The summed E-state index contributed by atoms with van der Waals surface area (Å²) < 4.78 is 23.6. The Kier molecular flexibility index (Phi) is 3.74. The summed E-state index contributed by atoms with van der Waals surface area (Å²) in [6.45, 7) is 6.62. The van der Waals surface area contributed by atoms with Crippen LogP contribution in [-0.2, 0) is 0 Å². The normalized spacial score (nSPS) is 12.9. The third kappa shape index (κ3) is 1.97. The number of benzene rings is 1. The summed E-state index contributed by atoms with van der Waals surface area (Å²) in [5.41, 5.74) is 0.583. The highest BCUT2D eigenvalue weighted by atomic mass is 19.1. The van der Waals surface area contributed by atoms with Gasteiger partial charge < -0.3 is 9.47 Å². The summed E-state index contributed by atoms with van der Waals surface area (Å²) >= 11 is 0. The topological polar surface area (TPSA) is 18.5 Å².